The highest BCUT2D eigenvalue weighted by Crippen LogP contribution is 2.40. The van der Waals surface area contributed by atoms with Gasteiger partial charge in [-0.3, -0.25) is 9.69 Å². The number of nitrogens with one attached hydrogen (secondary N) is 1. The molecule has 1 aliphatic heterocycles. The standard InChI is InChI=1S/C14H21IN4O/c1-18-6-3-7-19(2)10(8-18)13-16-12(9-4-5-9)11(15)14(20)17-13/h9-10H,3-8H2,1-2H3,(H,16,17,20). The van der Waals surface area contributed by atoms with Gasteiger partial charge in [0.15, 0.2) is 0 Å². The lowest BCUT2D eigenvalue weighted by Gasteiger charge is -2.26. The quantitative estimate of drug-likeness (QED) is 0.782. The highest BCUT2D eigenvalue weighted by atomic mass is 127. The molecule has 1 atom stereocenters. The highest BCUT2D eigenvalue weighted by molar-refractivity contribution is 14.1. The minimum absolute atomic E-state index is 0.0257. The minimum Gasteiger partial charge on any atom is -0.308 e. The van der Waals surface area contributed by atoms with E-state index in [0.29, 0.717) is 5.92 Å². The van der Waals surface area contributed by atoms with Crippen LogP contribution in [0.1, 0.15) is 42.7 Å². The molecule has 1 saturated carbocycles. The van der Waals surface area contributed by atoms with E-state index in [2.05, 4.69) is 51.5 Å². The number of likely N-dealkylation sites (N-methyl/N-ethyl adjacent to an activating group) is 2. The van der Waals surface area contributed by atoms with Crippen molar-refractivity contribution in [2.75, 3.05) is 33.7 Å². The molecule has 1 N–H and O–H groups in total. The first-order valence-corrected chi connectivity index (χ1v) is 8.32. The first-order chi connectivity index (χ1) is 9.56. The van der Waals surface area contributed by atoms with E-state index in [9.17, 15) is 4.79 Å². The number of H-pyrrole nitrogens is 1. The van der Waals surface area contributed by atoms with E-state index in [1.807, 2.05) is 0 Å². The van der Waals surface area contributed by atoms with E-state index < -0.39 is 0 Å². The Bertz CT molecular complexity index is 555. The largest absolute Gasteiger partial charge is 0.308 e. The van der Waals surface area contributed by atoms with E-state index in [1.165, 1.54) is 12.8 Å². The maximum atomic E-state index is 12.2. The molecule has 1 saturated heterocycles. The Morgan fingerprint density at radius 1 is 1.30 bits per heavy atom. The molecule has 110 valence electrons. The predicted molar refractivity (Wildman–Crippen MR) is 87.0 cm³/mol. The van der Waals surface area contributed by atoms with Crippen molar-refractivity contribution in [3.63, 3.8) is 0 Å². The zero-order chi connectivity index (χ0) is 14.3. The second kappa shape index (κ2) is 5.73. The normalized spacial score (nSPS) is 25.6. The van der Waals surface area contributed by atoms with Gasteiger partial charge in [0.2, 0.25) is 0 Å². The third-order valence-corrected chi connectivity index (χ3v) is 5.30. The summed E-state index contributed by atoms with van der Waals surface area (Å²) in [4.78, 5) is 24.6. The van der Waals surface area contributed by atoms with Crippen LogP contribution in [-0.4, -0.2) is 53.5 Å². The highest BCUT2D eigenvalue weighted by Gasteiger charge is 2.31. The molecule has 0 bridgehead atoms. The molecular weight excluding hydrogens is 367 g/mol. The molecule has 3 rings (SSSR count). The predicted octanol–water partition coefficient (Wildman–Crippen LogP) is 1.56. The average Bonchev–Trinajstić information content (AvgIpc) is 3.23. The summed E-state index contributed by atoms with van der Waals surface area (Å²) in [5, 5.41) is 0. The summed E-state index contributed by atoms with van der Waals surface area (Å²) in [6.07, 6.45) is 3.51. The number of hydrogen-bond donors (Lipinski definition) is 1. The zero-order valence-corrected chi connectivity index (χ0v) is 14.2. The van der Waals surface area contributed by atoms with Gasteiger partial charge in [-0.15, -0.1) is 0 Å². The molecular formula is C14H21IN4O. The molecule has 1 aromatic rings. The topological polar surface area (TPSA) is 52.2 Å². The Balaban J connectivity index is 1.97. The third kappa shape index (κ3) is 2.92. The summed E-state index contributed by atoms with van der Waals surface area (Å²) in [6, 6.07) is 0.185. The summed E-state index contributed by atoms with van der Waals surface area (Å²) in [6.45, 7) is 3.07. The second-order valence-electron chi connectivity index (χ2n) is 6.04. The minimum atomic E-state index is 0.0257. The van der Waals surface area contributed by atoms with Gasteiger partial charge in [-0.25, -0.2) is 4.98 Å². The van der Waals surface area contributed by atoms with Crippen LogP contribution in [0, 0.1) is 3.57 Å². The van der Waals surface area contributed by atoms with Crippen LogP contribution in [0.3, 0.4) is 0 Å². The summed E-state index contributed by atoms with van der Waals surface area (Å²) in [5.74, 6) is 1.35. The molecule has 1 aliphatic carbocycles. The maximum absolute atomic E-state index is 12.2. The van der Waals surface area contributed by atoms with Gasteiger partial charge in [0.25, 0.3) is 5.56 Å². The molecule has 0 amide bonds. The van der Waals surface area contributed by atoms with Crippen LogP contribution in [-0.2, 0) is 0 Å². The number of aromatic nitrogens is 2. The third-order valence-electron chi connectivity index (χ3n) is 4.25. The number of hydrogen-bond acceptors (Lipinski definition) is 4. The Morgan fingerprint density at radius 3 is 2.75 bits per heavy atom. The average molecular weight is 388 g/mol. The lowest BCUT2D eigenvalue weighted by atomic mass is 10.2. The number of nitrogens with zero attached hydrogens (tertiary/aromatic N) is 3. The van der Waals surface area contributed by atoms with Gasteiger partial charge >= 0.3 is 0 Å². The van der Waals surface area contributed by atoms with Crippen LogP contribution in [0.5, 0.6) is 0 Å². The van der Waals surface area contributed by atoms with Crippen LogP contribution in [0.15, 0.2) is 4.79 Å². The van der Waals surface area contributed by atoms with Crippen LogP contribution < -0.4 is 5.56 Å². The zero-order valence-electron chi connectivity index (χ0n) is 12.0. The number of halogens is 1. The van der Waals surface area contributed by atoms with Gasteiger partial charge in [0.05, 0.1) is 15.3 Å². The van der Waals surface area contributed by atoms with Crippen LogP contribution >= 0.6 is 22.6 Å². The molecule has 0 spiro atoms. The summed E-state index contributed by atoms with van der Waals surface area (Å²) in [7, 11) is 4.26. The number of rotatable bonds is 2. The molecule has 1 unspecified atom stereocenters. The lowest BCUT2D eigenvalue weighted by Crippen LogP contribution is -2.34. The monoisotopic (exact) mass is 388 g/mol. The van der Waals surface area contributed by atoms with Crippen LogP contribution in [0.25, 0.3) is 0 Å². The van der Waals surface area contributed by atoms with E-state index in [-0.39, 0.29) is 11.6 Å². The molecule has 0 aromatic carbocycles. The second-order valence-corrected chi connectivity index (χ2v) is 7.12. The van der Waals surface area contributed by atoms with Crippen LogP contribution in [0.4, 0.5) is 0 Å². The molecule has 6 heteroatoms. The molecule has 5 nitrogen and oxygen atoms in total. The van der Waals surface area contributed by atoms with Crippen LogP contribution in [0.2, 0.25) is 0 Å². The van der Waals surface area contributed by atoms with E-state index in [0.717, 1.165) is 41.1 Å². The van der Waals surface area contributed by atoms with E-state index in [4.69, 9.17) is 4.98 Å². The lowest BCUT2D eigenvalue weighted by molar-refractivity contribution is 0.219. The summed E-state index contributed by atoms with van der Waals surface area (Å²) < 4.78 is 0.776. The van der Waals surface area contributed by atoms with Crippen molar-refractivity contribution in [2.45, 2.75) is 31.2 Å². The maximum Gasteiger partial charge on any atom is 0.264 e. The van der Waals surface area contributed by atoms with Crippen molar-refractivity contribution in [1.82, 2.24) is 19.8 Å². The first-order valence-electron chi connectivity index (χ1n) is 7.24. The fourth-order valence-electron chi connectivity index (χ4n) is 2.85. The van der Waals surface area contributed by atoms with Gasteiger partial charge in [-0.1, -0.05) is 0 Å². The van der Waals surface area contributed by atoms with E-state index in [1.54, 1.807) is 0 Å². The number of aromatic amines is 1. The summed E-state index contributed by atoms with van der Waals surface area (Å²) in [5.41, 5.74) is 1.04. The fraction of sp³-hybridized carbons (Fsp3) is 0.714. The Kier molecular flexibility index (Phi) is 4.14. The van der Waals surface area contributed by atoms with Gasteiger partial charge in [0, 0.05) is 12.5 Å². The molecule has 2 fully saturated rings. The van der Waals surface area contributed by atoms with Crippen molar-refractivity contribution in [3.8, 4) is 0 Å². The van der Waals surface area contributed by atoms with Crippen molar-refractivity contribution in [3.05, 3.63) is 25.4 Å². The summed E-state index contributed by atoms with van der Waals surface area (Å²) >= 11 is 2.13. The smallest absolute Gasteiger partial charge is 0.264 e. The Hall–Kier alpha value is -0.470. The SMILES string of the molecule is CN1CCCN(C)C(c2nc(C3CC3)c(I)c(=O)[nH]2)C1. The molecule has 0 radical (unpaired) electrons. The van der Waals surface area contributed by atoms with Gasteiger partial charge in [-0.05, 0) is 69.0 Å². The Labute approximate surface area is 132 Å². The van der Waals surface area contributed by atoms with Crippen molar-refractivity contribution in [2.24, 2.45) is 0 Å². The van der Waals surface area contributed by atoms with Gasteiger partial charge in [0.1, 0.15) is 5.82 Å². The van der Waals surface area contributed by atoms with E-state index >= 15 is 0 Å². The molecule has 2 aliphatic rings. The van der Waals surface area contributed by atoms with Crippen molar-refractivity contribution < 1.29 is 0 Å². The molecule has 2 heterocycles. The van der Waals surface area contributed by atoms with Gasteiger partial charge in [-0.2, -0.15) is 0 Å². The molecule has 1 aromatic heterocycles. The Morgan fingerprint density at radius 2 is 2.05 bits per heavy atom. The first kappa shape index (κ1) is 14.5. The fourth-order valence-corrected chi connectivity index (χ4v) is 3.54. The van der Waals surface area contributed by atoms with Gasteiger partial charge < -0.3 is 9.88 Å². The van der Waals surface area contributed by atoms with Crippen molar-refractivity contribution >= 4 is 22.6 Å². The molecule has 20 heavy (non-hydrogen) atoms. The van der Waals surface area contributed by atoms with Crippen molar-refractivity contribution in [1.29, 1.82) is 0 Å².